The first kappa shape index (κ1) is 9.52. The highest BCUT2D eigenvalue weighted by Gasteiger charge is 2.34. The highest BCUT2D eigenvalue weighted by Crippen LogP contribution is 2.21. The van der Waals surface area contributed by atoms with Gasteiger partial charge in [0.25, 0.3) is 5.91 Å². The fourth-order valence-electron chi connectivity index (χ4n) is 0.963. The second-order valence-corrected chi connectivity index (χ2v) is 3.54. The van der Waals surface area contributed by atoms with Crippen molar-refractivity contribution in [3.8, 4) is 0 Å². The smallest absolute Gasteiger partial charge is 0.252 e. The zero-order chi connectivity index (χ0) is 9.19. The third-order valence-electron chi connectivity index (χ3n) is 2.52. The Morgan fingerprint density at radius 2 is 2.25 bits per heavy atom. The van der Waals surface area contributed by atoms with Gasteiger partial charge in [0, 0.05) is 13.2 Å². The van der Waals surface area contributed by atoms with Crippen LogP contribution >= 0.6 is 0 Å². The summed E-state index contributed by atoms with van der Waals surface area (Å²) in [7, 11) is 1.58. The third kappa shape index (κ3) is 1.97. The van der Waals surface area contributed by atoms with Crippen molar-refractivity contribution in [2.75, 3.05) is 7.11 Å². The molecule has 1 amide bonds. The lowest BCUT2D eigenvalue weighted by Gasteiger charge is -2.25. The predicted octanol–water partition coefficient (Wildman–Crippen LogP) is 1.08. The van der Waals surface area contributed by atoms with Gasteiger partial charge < -0.3 is 10.1 Å². The van der Waals surface area contributed by atoms with Gasteiger partial charge in [0.15, 0.2) is 0 Å². The monoisotopic (exact) mass is 171 g/mol. The average molecular weight is 171 g/mol. The van der Waals surface area contributed by atoms with Crippen LogP contribution in [-0.4, -0.2) is 24.7 Å². The van der Waals surface area contributed by atoms with Gasteiger partial charge >= 0.3 is 0 Å². The number of hydrogen-bond donors (Lipinski definition) is 1. The molecular formula is C9H17NO2. The molecule has 1 atom stereocenters. The topological polar surface area (TPSA) is 38.3 Å². The average Bonchev–Trinajstić information content (AvgIpc) is 2.86. The number of hydrogen-bond acceptors (Lipinski definition) is 2. The SMILES string of the molecule is CCC(C)(OC)C(=O)NC1CC1. The first-order chi connectivity index (χ1) is 5.62. The zero-order valence-electron chi connectivity index (χ0n) is 8.02. The molecule has 0 aliphatic heterocycles. The number of nitrogens with one attached hydrogen (secondary N) is 1. The van der Waals surface area contributed by atoms with E-state index in [9.17, 15) is 4.79 Å². The summed E-state index contributed by atoms with van der Waals surface area (Å²) in [6.45, 7) is 3.78. The van der Waals surface area contributed by atoms with E-state index in [1.165, 1.54) is 0 Å². The molecular weight excluding hydrogens is 154 g/mol. The van der Waals surface area contributed by atoms with Crippen molar-refractivity contribution in [2.24, 2.45) is 0 Å². The van der Waals surface area contributed by atoms with Crippen molar-refractivity contribution in [1.29, 1.82) is 0 Å². The van der Waals surface area contributed by atoms with E-state index in [1.54, 1.807) is 7.11 Å². The summed E-state index contributed by atoms with van der Waals surface area (Å²) in [5.41, 5.74) is -0.636. The van der Waals surface area contributed by atoms with E-state index in [0.717, 1.165) is 12.8 Å². The van der Waals surface area contributed by atoms with E-state index in [2.05, 4.69) is 5.32 Å². The van der Waals surface area contributed by atoms with Gasteiger partial charge in [-0.05, 0) is 26.2 Å². The summed E-state index contributed by atoms with van der Waals surface area (Å²) in [5.74, 6) is 0.0231. The van der Waals surface area contributed by atoms with Crippen LogP contribution in [0.15, 0.2) is 0 Å². The van der Waals surface area contributed by atoms with Gasteiger partial charge in [-0.1, -0.05) is 6.92 Å². The van der Waals surface area contributed by atoms with Crippen LogP contribution in [0.2, 0.25) is 0 Å². The lowest BCUT2D eigenvalue weighted by Crippen LogP contribution is -2.46. The lowest BCUT2D eigenvalue weighted by molar-refractivity contribution is -0.141. The Labute approximate surface area is 73.5 Å². The van der Waals surface area contributed by atoms with Gasteiger partial charge in [-0.2, -0.15) is 0 Å². The van der Waals surface area contributed by atoms with E-state index in [1.807, 2.05) is 13.8 Å². The Balaban J connectivity index is 2.45. The van der Waals surface area contributed by atoms with Crippen molar-refractivity contribution >= 4 is 5.91 Å². The van der Waals surface area contributed by atoms with Crippen LogP contribution in [0.3, 0.4) is 0 Å². The Morgan fingerprint density at radius 3 is 2.58 bits per heavy atom. The molecule has 12 heavy (non-hydrogen) atoms. The fourth-order valence-corrected chi connectivity index (χ4v) is 0.963. The van der Waals surface area contributed by atoms with Crippen molar-refractivity contribution in [1.82, 2.24) is 5.32 Å². The molecule has 1 N–H and O–H groups in total. The van der Waals surface area contributed by atoms with Crippen LogP contribution in [0.4, 0.5) is 0 Å². The molecule has 0 radical (unpaired) electrons. The highest BCUT2D eigenvalue weighted by molar-refractivity contribution is 5.85. The summed E-state index contributed by atoms with van der Waals surface area (Å²) in [6.07, 6.45) is 2.95. The predicted molar refractivity (Wildman–Crippen MR) is 46.9 cm³/mol. The van der Waals surface area contributed by atoms with Crippen molar-refractivity contribution in [3.05, 3.63) is 0 Å². The molecule has 0 aromatic carbocycles. The molecule has 0 aromatic rings. The van der Waals surface area contributed by atoms with Gasteiger partial charge in [0.2, 0.25) is 0 Å². The molecule has 1 rings (SSSR count). The molecule has 0 bridgehead atoms. The minimum Gasteiger partial charge on any atom is -0.369 e. The third-order valence-corrected chi connectivity index (χ3v) is 2.52. The van der Waals surface area contributed by atoms with Gasteiger partial charge in [-0.25, -0.2) is 0 Å². The largest absolute Gasteiger partial charge is 0.369 e. The van der Waals surface area contributed by atoms with E-state index >= 15 is 0 Å². The molecule has 0 aromatic heterocycles. The first-order valence-corrected chi connectivity index (χ1v) is 4.48. The number of carbonyl (C=O) groups excluding carboxylic acids is 1. The molecule has 1 aliphatic rings. The lowest BCUT2D eigenvalue weighted by atomic mass is 10.0. The van der Waals surface area contributed by atoms with Gasteiger partial charge in [0.1, 0.15) is 5.60 Å². The van der Waals surface area contributed by atoms with E-state index in [-0.39, 0.29) is 5.91 Å². The quantitative estimate of drug-likeness (QED) is 0.687. The van der Waals surface area contributed by atoms with Crippen molar-refractivity contribution < 1.29 is 9.53 Å². The van der Waals surface area contributed by atoms with Crippen LogP contribution in [0, 0.1) is 0 Å². The molecule has 70 valence electrons. The number of rotatable bonds is 4. The minimum absolute atomic E-state index is 0.0231. The summed E-state index contributed by atoms with van der Waals surface area (Å²) in [4.78, 5) is 11.5. The number of ether oxygens (including phenoxy) is 1. The maximum absolute atomic E-state index is 11.5. The molecule has 0 spiro atoms. The Hall–Kier alpha value is -0.570. The van der Waals surface area contributed by atoms with Crippen LogP contribution in [0.5, 0.6) is 0 Å². The van der Waals surface area contributed by atoms with Gasteiger partial charge in [-0.15, -0.1) is 0 Å². The van der Waals surface area contributed by atoms with Crippen LogP contribution in [0.25, 0.3) is 0 Å². The van der Waals surface area contributed by atoms with E-state index < -0.39 is 5.60 Å². The molecule has 0 saturated heterocycles. The van der Waals surface area contributed by atoms with Gasteiger partial charge in [-0.3, -0.25) is 4.79 Å². The second-order valence-electron chi connectivity index (χ2n) is 3.54. The van der Waals surface area contributed by atoms with Crippen molar-refractivity contribution in [2.45, 2.75) is 44.8 Å². The second kappa shape index (κ2) is 3.44. The molecule has 3 heteroatoms. The number of amides is 1. The molecule has 0 heterocycles. The molecule has 1 unspecified atom stereocenters. The number of carbonyl (C=O) groups is 1. The van der Waals surface area contributed by atoms with Crippen LogP contribution in [-0.2, 0) is 9.53 Å². The normalized spacial score (nSPS) is 21.6. The minimum atomic E-state index is -0.636. The van der Waals surface area contributed by atoms with Crippen LogP contribution in [0.1, 0.15) is 33.1 Å². The highest BCUT2D eigenvalue weighted by atomic mass is 16.5. The summed E-state index contributed by atoms with van der Waals surface area (Å²) in [5, 5.41) is 2.93. The molecule has 1 saturated carbocycles. The summed E-state index contributed by atoms with van der Waals surface area (Å²) in [6, 6.07) is 0.415. The van der Waals surface area contributed by atoms with Gasteiger partial charge in [0.05, 0.1) is 0 Å². The van der Waals surface area contributed by atoms with Crippen molar-refractivity contribution in [3.63, 3.8) is 0 Å². The molecule has 3 nitrogen and oxygen atoms in total. The standard InChI is InChI=1S/C9H17NO2/c1-4-9(2,12-3)8(11)10-7-5-6-7/h7H,4-6H2,1-3H3,(H,10,11). The van der Waals surface area contributed by atoms with E-state index in [0.29, 0.717) is 12.5 Å². The zero-order valence-corrected chi connectivity index (χ0v) is 8.02. The Bertz CT molecular complexity index is 171. The summed E-state index contributed by atoms with van der Waals surface area (Å²) < 4.78 is 5.17. The maximum atomic E-state index is 11.5. The molecule has 1 aliphatic carbocycles. The van der Waals surface area contributed by atoms with E-state index in [4.69, 9.17) is 4.74 Å². The number of methoxy groups -OCH3 is 1. The fraction of sp³-hybridized carbons (Fsp3) is 0.889. The summed E-state index contributed by atoms with van der Waals surface area (Å²) >= 11 is 0. The first-order valence-electron chi connectivity index (χ1n) is 4.48. The Morgan fingerprint density at radius 1 is 1.67 bits per heavy atom. The van der Waals surface area contributed by atoms with Crippen LogP contribution < -0.4 is 5.32 Å². The maximum Gasteiger partial charge on any atom is 0.252 e. The molecule has 1 fully saturated rings. The Kier molecular flexibility index (Phi) is 2.73.